The van der Waals surface area contributed by atoms with E-state index in [9.17, 15) is 9.59 Å². The van der Waals surface area contributed by atoms with Crippen LogP contribution in [0.4, 0.5) is 0 Å². The van der Waals surface area contributed by atoms with Crippen molar-refractivity contribution < 1.29 is 9.59 Å². The molecule has 1 aliphatic rings. The molecular weight excluding hydrogens is 156 g/mol. The summed E-state index contributed by atoms with van der Waals surface area (Å²) in [5.74, 6) is -0.578. The Morgan fingerprint density at radius 1 is 1.00 bits per heavy atom. The van der Waals surface area contributed by atoms with Crippen LogP contribution in [-0.2, 0) is 9.59 Å². The number of Topliss-reactive ketones (excluding diaryl/α,β-unsaturated/α-hetero) is 2. The van der Waals surface area contributed by atoms with E-state index in [0.29, 0.717) is 13.1 Å². The van der Waals surface area contributed by atoms with E-state index in [0.717, 1.165) is 0 Å². The highest BCUT2D eigenvalue weighted by molar-refractivity contribution is 6.49. The average molecular weight is 170 g/mol. The molecule has 4 nitrogen and oxygen atoms in total. The minimum Gasteiger partial charge on any atom is -0.306 e. The molecule has 1 rings (SSSR count). The van der Waals surface area contributed by atoms with Crippen molar-refractivity contribution in [3.63, 3.8) is 0 Å². The molecule has 0 bridgehead atoms. The molecule has 1 fully saturated rings. The first kappa shape index (κ1) is 9.35. The molecule has 2 N–H and O–H groups in total. The predicted octanol–water partition coefficient (Wildman–Crippen LogP) is -0.906. The lowest BCUT2D eigenvalue weighted by Crippen LogP contribution is -2.69. The van der Waals surface area contributed by atoms with Crippen LogP contribution >= 0.6 is 0 Å². The van der Waals surface area contributed by atoms with E-state index >= 15 is 0 Å². The maximum atomic E-state index is 11.0. The van der Waals surface area contributed by atoms with Crippen molar-refractivity contribution in [1.82, 2.24) is 10.6 Å². The third-order valence-corrected chi connectivity index (χ3v) is 1.99. The Kier molecular flexibility index (Phi) is 2.94. The number of ketones is 2. The average Bonchev–Trinajstić information content (AvgIpc) is 2.10. The van der Waals surface area contributed by atoms with Gasteiger partial charge >= 0.3 is 0 Å². The zero-order valence-electron chi connectivity index (χ0n) is 7.39. The summed E-state index contributed by atoms with van der Waals surface area (Å²) in [6, 6.07) is -0.579. The van der Waals surface area contributed by atoms with Gasteiger partial charge in [-0.1, -0.05) is 13.8 Å². The number of likely N-dealkylation sites (N-methyl/N-ethyl adjacent to an activating group) is 2. The molecule has 1 aliphatic carbocycles. The molecule has 0 spiro atoms. The normalized spacial score (nSPS) is 28.8. The molecule has 2 atom stereocenters. The van der Waals surface area contributed by atoms with Crippen molar-refractivity contribution in [3.05, 3.63) is 0 Å². The second-order valence-corrected chi connectivity index (χ2v) is 2.80. The van der Waals surface area contributed by atoms with Crippen molar-refractivity contribution in [2.45, 2.75) is 25.9 Å². The Morgan fingerprint density at radius 3 is 1.58 bits per heavy atom. The molecule has 0 radical (unpaired) electrons. The van der Waals surface area contributed by atoms with Crippen molar-refractivity contribution >= 4 is 11.6 Å². The number of carbonyl (C=O) groups is 2. The summed E-state index contributed by atoms with van der Waals surface area (Å²) in [7, 11) is 0. The van der Waals surface area contributed by atoms with Crippen molar-refractivity contribution in [2.75, 3.05) is 13.1 Å². The summed E-state index contributed by atoms with van der Waals surface area (Å²) in [5.41, 5.74) is 0. The van der Waals surface area contributed by atoms with E-state index in [1.807, 2.05) is 13.8 Å². The molecule has 0 saturated heterocycles. The zero-order valence-corrected chi connectivity index (χ0v) is 7.39. The second kappa shape index (κ2) is 3.78. The highest BCUT2D eigenvalue weighted by Crippen LogP contribution is 2.11. The Morgan fingerprint density at radius 2 is 1.33 bits per heavy atom. The lowest BCUT2D eigenvalue weighted by Gasteiger charge is -2.33. The van der Waals surface area contributed by atoms with E-state index in [2.05, 4.69) is 10.6 Å². The van der Waals surface area contributed by atoms with Gasteiger partial charge < -0.3 is 10.6 Å². The van der Waals surface area contributed by atoms with E-state index in [4.69, 9.17) is 0 Å². The third kappa shape index (κ3) is 1.40. The molecular formula is C8H14N2O2. The lowest BCUT2D eigenvalue weighted by molar-refractivity contribution is -0.147. The van der Waals surface area contributed by atoms with Crippen LogP contribution in [-0.4, -0.2) is 36.7 Å². The molecule has 1 saturated carbocycles. The Balaban J connectivity index is 2.49. The van der Waals surface area contributed by atoms with Crippen LogP contribution in [0.5, 0.6) is 0 Å². The molecule has 0 aromatic carbocycles. The summed E-state index contributed by atoms with van der Waals surface area (Å²) >= 11 is 0. The Hall–Kier alpha value is -0.740. The van der Waals surface area contributed by atoms with Crippen LogP contribution < -0.4 is 10.6 Å². The van der Waals surface area contributed by atoms with Crippen LogP contribution in [0.15, 0.2) is 0 Å². The topological polar surface area (TPSA) is 58.2 Å². The van der Waals surface area contributed by atoms with Crippen molar-refractivity contribution in [2.24, 2.45) is 0 Å². The third-order valence-electron chi connectivity index (χ3n) is 1.99. The first-order chi connectivity index (χ1) is 5.72. The molecule has 0 aliphatic heterocycles. The number of hydrogen-bond acceptors (Lipinski definition) is 4. The first-order valence-corrected chi connectivity index (χ1v) is 4.27. The van der Waals surface area contributed by atoms with E-state index < -0.39 is 0 Å². The minimum atomic E-state index is -0.289. The quantitative estimate of drug-likeness (QED) is 0.536. The van der Waals surface area contributed by atoms with E-state index in [1.165, 1.54) is 0 Å². The Labute approximate surface area is 71.7 Å². The number of carbonyl (C=O) groups excluding carboxylic acids is 2. The SMILES string of the molecule is CCNC1C(=O)C(=O)C1NCC. The molecule has 0 amide bonds. The van der Waals surface area contributed by atoms with Gasteiger partial charge in [-0.3, -0.25) is 9.59 Å². The van der Waals surface area contributed by atoms with Gasteiger partial charge in [0.05, 0.1) is 12.1 Å². The second-order valence-electron chi connectivity index (χ2n) is 2.80. The fraction of sp³-hybridized carbons (Fsp3) is 0.750. The van der Waals surface area contributed by atoms with Crippen LogP contribution in [0, 0.1) is 0 Å². The summed E-state index contributed by atoms with van der Waals surface area (Å²) in [4.78, 5) is 22.0. The van der Waals surface area contributed by atoms with Gasteiger partial charge in [0, 0.05) is 0 Å². The smallest absolute Gasteiger partial charge is 0.219 e. The molecule has 12 heavy (non-hydrogen) atoms. The molecule has 0 aromatic heterocycles. The number of hydrogen-bond donors (Lipinski definition) is 2. The number of nitrogens with one attached hydrogen (secondary N) is 2. The lowest BCUT2D eigenvalue weighted by atomic mass is 9.83. The maximum absolute atomic E-state index is 11.0. The van der Waals surface area contributed by atoms with Crippen molar-refractivity contribution in [3.8, 4) is 0 Å². The van der Waals surface area contributed by atoms with Crippen LogP contribution in [0.1, 0.15) is 13.8 Å². The zero-order chi connectivity index (χ0) is 9.14. The van der Waals surface area contributed by atoms with Gasteiger partial charge in [-0.05, 0) is 13.1 Å². The van der Waals surface area contributed by atoms with Gasteiger partial charge in [0.1, 0.15) is 0 Å². The molecule has 68 valence electrons. The summed E-state index contributed by atoms with van der Waals surface area (Å²) in [6.45, 7) is 5.26. The molecule has 0 aromatic rings. The monoisotopic (exact) mass is 170 g/mol. The van der Waals surface area contributed by atoms with Crippen LogP contribution in [0.25, 0.3) is 0 Å². The summed E-state index contributed by atoms with van der Waals surface area (Å²) in [6.07, 6.45) is 0. The largest absolute Gasteiger partial charge is 0.306 e. The van der Waals surface area contributed by atoms with E-state index in [-0.39, 0.29) is 23.7 Å². The molecule has 4 heteroatoms. The highest BCUT2D eigenvalue weighted by Gasteiger charge is 2.47. The fourth-order valence-corrected chi connectivity index (χ4v) is 1.37. The highest BCUT2D eigenvalue weighted by atomic mass is 16.2. The minimum absolute atomic E-state index is 0.289. The summed E-state index contributed by atoms with van der Waals surface area (Å²) in [5, 5.41) is 5.93. The van der Waals surface area contributed by atoms with E-state index in [1.54, 1.807) is 0 Å². The van der Waals surface area contributed by atoms with Gasteiger partial charge in [0.25, 0.3) is 0 Å². The van der Waals surface area contributed by atoms with Gasteiger partial charge in [-0.25, -0.2) is 0 Å². The summed E-state index contributed by atoms with van der Waals surface area (Å²) < 4.78 is 0. The van der Waals surface area contributed by atoms with Gasteiger partial charge in [0.2, 0.25) is 11.6 Å². The standard InChI is InChI=1S/C8H14N2O2/c1-3-9-5-6(10-4-2)8(12)7(5)11/h5-6,9-10H,3-4H2,1-2H3. The van der Waals surface area contributed by atoms with Gasteiger partial charge in [0.15, 0.2) is 0 Å². The van der Waals surface area contributed by atoms with Crippen molar-refractivity contribution in [1.29, 1.82) is 0 Å². The van der Waals surface area contributed by atoms with Crippen LogP contribution in [0.2, 0.25) is 0 Å². The molecule has 2 unspecified atom stereocenters. The predicted molar refractivity (Wildman–Crippen MR) is 44.9 cm³/mol. The first-order valence-electron chi connectivity index (χ1n) is 4.27. The van der Waals surface area contributed by atoms with Gasteiger partial charge in [-0.15, -0.1) is 0 Å². The van der Waals surface area contributed by atoms with Crippen LogP contribution in [0.3, 0.4) is 0 Å². The maximum Gasteiger partial charge on any atom is 0.219 e. The molecule has 0 heterocycles. The van der Waals surface area contributed by atoms with Gasteiger partial charge in [-0.2, -0.15) is 0 Å². The Bertz CT molecular complexity index is 181. The fourth-order valence-electron chi connectivity index (χ4n) is 1.37. The number of rotatable bonds is 4.